The molecule has 0 aromatic rings. The molecular weight excluding hydrogens is 190 g/mol. The number of esters is 1. The Morgan fingerprint density at radius 3 is 2.60 bits per heavy atom. The van der Waals surface area contributed by atoms with E-state index in [2.05, 4.69) is 19.2 Å². The van der Waals surface area contributed by atoms with Crippen molar-refractivity contribution in [1.82, 2.24) is 5.32 Å². The highest BCUT2D eigenvalue weighted by Crippen LogP contribution is 2.25. The summed E-state index contributed by atoms with van der Waals surface area (Å²) in [4.78, 5) is 11.5. The molecule has 0 heterocycles. The van der Waals surface area contributed by atoms with Crippen LogP contribution >= 0.6 is 0 Å². The maximum absolute atomic E-state index is 11.5. The van der Waals surface area contributed by atoms with Crippen LogP contribution in [-0.2, 0) is 9.53 Å². The van der Waals surface area contributed by atoms with Crippen molar-refractivity contribution in [1.29, 1.82) is 0 Å². The highest BCUT2D eigenvalue weighted by molar-refractivity contribution is 5.75. The number of ether oxygens (including phenoxy) is 1. The standard InChI is InChI=1S/C12H23NO2/c1-4-9(2)11(12(14)15-3)13-8-10-6-5-7-10/h9-11,13H,4-8H2,1-3H3. The summed E-state index contributed by atoms with van der Waals surface area (Å²) >= 11 is 0. The molecule has 88 valence electrons. The van der Waals surface area contributed by atoms with Gasteiger partial charge in [0.2, 0.25) is 0 Å². The zero-order valence-electron chi connectivity index (χ0n) is 10.1. The first kappa shape index (κ1) is 12.5. The van der Waals surface area contributed by atoms with Crippen molar-refractivity contribution in [2.24, 2.45) is 11.8 Å². The third-order valence-corrected chi connectivity index (χ3v) is 3.52. The van der Waals surface area contributed by atoms with Crippen LogP contribution < -0.4 is 5.32 Å². The minimum absolute atomic E-state index is 0.122. The summed E-state index contributed by atoms with van der Waals surface area (Å²) in [5.74, 6) is 1.00. The zero-order chi connectivity index (χ0) is 11.3. The number of methoxy groups -OCH3 is 1. The van der Waals surface area contributed by atoms with Gasteiger partial charge in [0.15, 0.2) is 0 Å². The summed E-state index contributed by atoms with van der Waals surface area (Å²) < 4.78 is 4.82. The second-order valence-electron chi connectivity index (χ2n) is 4.59. The molecule has 2 atom stereocenters. The Bertz CT molecular complexity index is 202. The lowest BCUT2D eigenvalue weighted by atomic mass is 9.85. The lowest BCUT2D eigenvalue weighted by Crippen LogP contribution is -2.45. The molecule has 0 bridgehead atoms. The Labute approximate surface area is 92.6 Å². The number of hydrogen-bond acceptors (Lipinski definition) is 3. The van der Waals surface area contributed by atoms with Crippen molar-refractivity contribution in [2.75, 3.05) is 13.7 Å². The summed E-state index contributed by atoms with van der Waals surface area (Å²) in [5.41, 5.74) is 0. The fourth-order valence-electron chi connectivity index (χ4n) is 1.87. The van der Waals surface area contributed by atoms with Gasteiger partial charge in [-0.3, -0.25) is 4.79 Å². The van der Waals surface area contributed by atoms with Gasteiger partial charge in [-0.2, -0.15) is 0 Å². The van der Waals surface area contributed by atoms with Gasteiger partial charge in [-0.1, -0.05) is 26.7 Å². The number of carbonyl (C=O) groups excluding carboxylic acids is 1. The summed E-state index contributed by atoms with van der Waals surface area (Å²) in [6, 6.07) is -0.124. The Morgan fingerprint density at radius 1 is 1.53 bits per heavy atom. The second-order valence-corrected chi connectivity index (χ2v) is 4.59. The van der Waals surface area contributed by atoms with Crippen molar-refractivity contribution in [3.8, 4) is 0 Å². The molecule has 0 amide bonds. The fraction of sp³-hybridized carbons (Fsp3) is 0.917. The first-order chi connectivity index (χ1) is 7.19. The smallest absolute Gasteiger partial charge is 0.323 e. The van der Waals surface area contributed by atoms with Gasteiger partial charge in [0.1, 0.15) is 6.04 Å². The molecule has 0 aliphatic heterocycles. The van der Waals surface area contributed by atoms with Crippen molar-refractivity contribution in [3.05, 3.63) is 0 Å². The van der Waals surface area contributed by atoms with E-state index in [1.807, 2.05) is 0 Å². The SMILES string of the molecule is CCC(C)C(NCC1CCC1)C(=O)OC. The van der Waals surface area contributed by atoms with Crippen LogP contribution in [0.1, 0.15) is 39.5 Å². The van der Waals surface area contributed by atoms with Gasteiger partial charge in [0, 0.05) is 0 Å². The maximum atomic E-state index is 11.5. The monoisotopic (exact) mass is 213 g/mol. The largest absolute Gasteiger partial charge is 0.468 e. The third-order valence-electron chi connectivity index (χ3n) is 3.52. The second kappa shape index (κ2) is 6.11. The van der Waals surface area contributed by atoms with E-state index in [1.165, 1.54) is 26.4 Å². The van der Waals surface area contributed by atoms with Crippen molar-refractivity contribution >= 4 is 5.97 Å². The molecule has 0 radical (unpaired) electrons. The van der Waals surface area contributed by atoms with Crippen LogP contribution in [0.3, 0.4) is 0 Å². The van der Waals surface area contributed by atoms with Crippen LogP contribution in [0.25, 0.3) is 0 Å². The van der Waals surface area contributed by atoms with Crippen LogP contribution in [-0.4, -0.2) is 25.7 Å². The highest BCUT2D eigenvalue weighted by Gasteiger charge is 2.26. The molecule has 1 aliphatic rings. The van der Waals surface area contributed by atoms with E-state index in [4.69, 9.17) is 4.74 Å². The molecule has 1 aliphatic carbocycles. The van der Waals surface area contributed by atoms with Crippen LogP contribution in [0.15, 0.2) is 0 Å². The quantitative estimate of drug-likeness (QED) is 0.685. The summed E-state index contributed by atoms with van der Waals surface area (Å²) in [7, 11) is 1.46. The van der Waals surface area contributed by atoms with Gasteiger partial charge in [-0.15, -0.1) is 0 Å². The molecule has 1 rings (SSSR count). The van der Waals surface area contributed by atoms with E-state index in [9.17, 15) is 4.79 Å². The highest BCUT2D eigenvalue weighted by atomic mass is 16.5. The normalized spacial score (nSPS) is 20.5. The lowest BCUT2D eigenvalue weighted by Gasteiger charge is -2.29. The molecule has 3 nitrogen and oxygen atoms in total. The van der Waals surface area contributed by atoms with E-state index in [-0.39, 0.29) is 12.0 Å². The number of rotatable bonds is 6. The molecule has 0 aromatic heterocycles. The van der Waals surface area contributed by atoms with E-state index < -0.39 is 0 Å². The molecule has 0 spiro atoms. The van der Waals surface area contributed by atoms with Gasteiger partial charge in [0.25, 0.3) is 0 Å². The average molecular weight is 213 g/mol. The lowest BCUT2D eigenvalue weighted by molar-refractivity contribution is -0.144. The van der Waals surface area contributed by atoms with Gasteiger partial charge in [-0.25, -0.2) is 0 Å². The van der Waals surface area contributed by atoms with Crippen LogP contribution in [0.5, 0.6) is 0 Å². The number of carbonyl (C=O) groups is 1. The predicted octanol–water partition coefficient (Wildman–Crippen LogP) is 1.96. The fourth-order valence-corrected chi connectivity index (χ4v) is 1.87. The topological polar surface area (TPSA) is 38.3 Å². The van der Waals surface area contributed by atoms with Crippen molar-refractivity contribution < 1.29 is 9.53 Å². The maximum Gasteiger partial charge on any atom is 0.323 e. The van der Waals surface area contributed by atoms with Gasteiger partial charge in [-0.05, 0) is 31.2 Å². The first-order valence-corrected chi connectivity index (χ1v) is 6.00. The first-order valence-electron chi connectivity index (χ1n) is 6.00. The molecule has 2 unspecified atom stereocenters. The molecule has 0 saturated heterocycles. The van der Waals surface area contributed by atoms with Crippen LogP contribution in [0.2, 0.25) is 0 Å². The third kappa shape index (κ3) is 3.49. The minimum atomic E-state index is -0.124. The van der Waals surface area contributed by atoms with E-state index in [0.717, 1.165) is 18.9 Å². The minimum Gasteiger partial charge on any atom is -0.468 e. The molecular formula is C12H23NO2. The number of hydrogen-bond donors (Lipinski definition) is 1. The molecule has 0 aromatic carbocycles. The molecule has 3 heteroatoms. The summed E-state index contributed by atoms with van der Waals surface area (Å²) in [5, 5.41) is 3.35. The van der Waals surface area contributed by atoms with E-state index in [0.29, 0.717) is 5.92 Å². The van der Waals surface area contributed by atoms with Gasteiger partial charge >= 0.3 is 5.97 Å². The molecule has 1 fully saturated rings. The van der Waals surface area contributed by atoms with E-state index >= 15 is 0 Å². The van der Waals surface area contributed by atoms with Gasteiger partial charge < -0.3 is 10.1 Å². The summed E-state index contributed by atoms with van der Waals surface area (Å²) in [6.07, 6.45) is 4.96. The van der Waals surface area contributed by atoms with Crippen molar-refractivity contribution in [3.63, 3.8) is 0 Å². The predicted molar refractivity (Wildman–Crippen MR) is 60.6 cm³/mol. The van der Waals surface area contributed by atoms with Crippen LogP contribution in [0, 0.1) is 11.8 Å². The average Bonchev–Trinajstić information content (AvgIpc) is 2.19. The Kier molecular flexibility index (Phi) is 5.09. The Morgan fingerprint density at radius 2 is 2.20 bits per heavy atom. The number of nitrogens with one attached hydrogen (secondary N) is 1. The zero-order valence-corrected chi connectivity index (χ0v) is 10.1. The Hall–Kier alpha value is -0.570. The van der Waals surface area contributed by atoms with Gasteiger partial charge in [0.05, 0.1) is 7.11 Å². The van der Waals surface area contributed by atoms with Crippen LogP contribution in [0.4, 0.5) is 0 Å². The molecule has 1 saturated carbocycles. The Balaban J connectivity index is 2.36. The molecule has 15 heavy (non-hydrogen) atoms. The summed E-state index contributed by atoms with van der Waals surface area (Å²) in [6.45, 7) is 5.16. The van der Waals surface area contributed by atoms with Crippen molar-refractivity contribution in [2.45, 2.75) is 45.6 Å². The molecule has 1 N–H and O–H groups in total. The van der Waals surface area contributed by atoms with E-state index in [1.54, 1.807) is 0 Å².